The second-order valence-corrected chi connectivity index (χ2v) is 4.41. The van der Waals surface area contributed by atoms with E-state index in [-0.39, 0.29) is 17.9 Å². The van der Waals surface area contributed by atoms with Crippen molar-refractivity contribution in [1.29, 1.82) is 0 Å². The smallest absolute Gasteiger partial charge is 0.253 e. The molecule has 1 heterocycles. The zero-order chi connectivity index (χ0) is 13.1. The number of benzene rings is 1. The molecule has 4 nitrogen and oxygen atoms in total. The highest BCUT2D eigenvalue weighted by molar-refractivity contribution is 6.42. The standard InChI is InChI=1S/C12H8Cl2N2O2/c13-9-2-1-8(5-10(9)14)11(17)6-16-7-15-4-3-12(16)18/h1-5,7H,6H2. The molecule has 0 aliphatic carbocycles. The molecule has 0 saturated heterocycles. The van der Waals surface area contributed by atoms with Gasteiger partial charge in [-0.15, -0.1) is 0 Å². The fourth-order valence-electron chi connectivity index (χ4n) is 1.41. The van der Waals surface area contributed by atoms with E-state index in [1.54, 1.807) is 12.1 Å². The average molecular weight is 283 g/mol. The zero-order valence-electron chi connectivity index (χ0n) is 9.14. The Morgan fingerprint density at radius 1 is 1.22 bits per heavy atom. The van der Waals surface area contributed by atoms with Crippen molar-refractivity contribution < 1.29 is 4.79 Å². The number of ketones is 1. The number of rotatable bonds is 3. The maximum absolute atomic E-state index is 11.9. The summed E-state index contributed by atoms with van der Waals surface area (Å²) in [4.78, 5) is 27.2. The predicted molar refractivity (Wildman–Crippen MR) is 69.3 cm³/mol. The summed E-state index contributed by atoms with van der Waals surface area (Å²) in [5.74, 6) is -0.233. The summed E-state index contributed by atoms with van der Waals surface area (Å²) >= 11 is 11.6. The van der Waals surface area contributed by atoms with Gasteiger partial charge in [-0.05, 0) is 18.2 Å². The van der Waals surface area contributed by atoms with Crippen LogP contribution in [0, 0.1) is 0 Å². The number of carbonyl (C=O) groups is 1. The molecule has 0 N–H and O–H groups in total. The lowest BCUT2D eigenvalue weighted by Gasteiger charge is -2.04. The Morgan fingerprint density at radius 2 is 2.00 bits per heavy atom. The van der Waals surface area contributed by atoms with Crippen LogP contribution in [0.4, 0.5) is 0 Å². The van der Waals surface area contributed by atoms with Gasteiger partial charge in [0.05, 0.1) is 22.9 Å². The van der Waals surface area contributed by atoms with Crippen molar-refractivity contribution in [2.75, 3.05) is 0 Å². The van der Waals surface area contributed by atoms with Gasteiger partial charge in [-0.25, -0.2) is 4.98 Å². The Morgan fingerprint density at radius 3 is 2.67 bits per heavy atom. The first-order chi connectivity index (χ1) is 8.58. The molecule has 0 aliphatic rings. The highest BCUT2D eigenvalue weighted by atomic mass is 35.5. The number of Topliss-reactive ketones (excluding diaryl/α,β-unsaturated/α-hetero) is 1. The third kappa shape index (κ3) is 2.78. The largest absolute Gasteiger partial charge is 0.292 e. The minimum Gasteiger partial charge on any atom is -0.292 e. The fourth-order valence-corrected chi connectivity index (χ4v) is 1.71. The molecule has 1 aromatic carbocycles. The van der Waals surface area contributed by atoms with Gasteiger partial charge in [0.1, 0.15) is 0 Å². The van der Waals surface area contributed by atoms with Gasteiger partial charge in [0.2, 0.25) is 0 Å². The monoisotopic (exact) mass is 282 g/mol. The lowest BCUT2D eigenvalue weighted by atomic mass is 10.1. The van der Waals surface area contributed by atoms with Gasteiger partial charge in [0.25, 0.3) is 5.56 Å². The van der Waals surface area contributed by atoms with E-state index in [1.807, 2.05) is 0 Å². The third-order valence-corrected chi connectivity index (χ3v) is 3.09. The van der Waals surface area contributed by atoms with Crippen LogP contribution < -0.4 is 5.56 Å². The molecule has 0 spiro atoms. The van der Waals surface area contributed by atoms with Crippen LogP contribution in [0.15, 0.2) is 41.6 Å². The highest BCUT2D eigenvalue weighted by Gasteiger charge is 2.09. The van der Waals surface area contributed by atoms with Crippen molar-refractivity contribution in [1.82, 2.24) is 9.55 Å². The molecule has 0 saturated carbocycles. The number of hydrogen-bond acceptors (Lipinski definition) is 3. The molecule has 2 aromatic rings. The first-order valence-corrected chi connectivity index (χ1v) is 5.82. The molecular formula is C12H8Cl2N2O2. The Bertz CT molecular complexity index is 653. The van der Waals surface area contributed by atoms with Gasteiger partial charge >= 0.3 is 0 Å². The summed E-state index contributed by atoms with van der Waals surface area (Å²) < 4.78 is 1.23. The molecular weight excluding hydrogens is 275 g/mol. The van der Waals surface area contributed by atoms with E-state index >= 15 is 0 Å². The normalized spacial score (nSPS) is 10.3. The van der Waals surface area contributed by atoms with E-state index in [0.29, 0.717) is 15.6 Å². The minimum absolute atomic E-state index is 0.0787. The van der Waals surface area contributed by atoms with Crippen molar-refractivity contribution in [2.45, 2.75) is 6.54 Å². The average Bonchev–Trinajstić information content (AvgIpc) is 2.35. The Balaban J connectivity index is 2.25. The Labute approximate surface area is 113 Å². The van der Waals surface area contributed by atoms with Crippen LogP contribution in [0.3, 0.4) is 0 Å². The number of aromatic nitrogens is 2. The van der Waals surface area contributed by atoms with Crippen LogP contribution in [-0.2, 0) is 6.54 Å². The van der Waals surface area contributed by atoms with Gasteiger partial charge in [-0.1, -0.05) is 23.2 Å². The molecule has 2 rings (SSSR count). The zero-order valence-corrected chi connectivity index (χ0v) is 10.6. The molecule has 92 valence electrons. The van der Waals surface area contributed by atoms with Gasteiger partial charge in [-0.3, -0.25) is 14.2 Å². The van der Waals surface area contributed by atoms with Crippen molar-refractivity contribution in [3.05, 3.63) is 62.8 Å². The predicted octanol–water partition coefficient (Wildman–Crippen LogP) is 2.43. The Hall–Kier alpha value is -1.65. The van der Waals surface area contributed by atoms with Gasteiger partial charge in [0.15, 0.2) is 5.78 Å². The summed E-state index contributed by atoms with van der Waals surface area (Å²) in [6.07, 6.45) is 2.69. The van der Waals surface area contributed by atoms with Crippen molar-refractivity contribution in [3.63, 3.8) is 0 Å². The molecule has 0 bridgehead atoms. The number of hydrogen-bond donors (Lipinski definition) is 0. The van der Waals surface area contributed by atoms with E-state index in [1.165, 1.54) is 29.2 Å². The molecule has 18 heavy (non-hydrogen) atoms. The van der Waals surface area contributed by atoms with Crippen molar-refractivity contribution in [3.8, 4) is 0 Å². The van der Waals surface area contributed by atoms with E-state index in [4.69, 9.17) is 23.2 Å². The summed E-state index contributed by atoms with van der Waals surface area (Å²) in [7, 11) is 0. The van der Waals surface area contributed by atoms with Gasteiger partial charge in [-0.2, -0.15) is 0 Å². The van der Waals surface area contributed by atoms with Crippen LogP contribution in [0.5, 0.6) is 0 Å². The summed E-state index contributed by atoms with van der Waals surface area (Å²) in [6, 6.07) is 5.89. The summed E-state index contributed by atoms with van der Waals surface area (Å²) in [5.41, 5.74) is 0.124. The maximum Gasteiger partial charge on any atom is 0.253 e. The lowest BCUT2D eigenvalue weighted by molar-refractivity contribution is 0.0970. The van der Waals surface area contributed by atoms with Crippen LogP contribution in [0.2, 0.25) is 10.0 Å². The van der Waals surface area contributed by atoms with E-state index < -0.39 is 0 Å². The quantitative estimate of drug-likeness (QED) is 0.813. The molecule has 0 radical (unpaired) electrons. The van der Waals surface area contributed by atoms with Crippen molar-refractivity contribution >= 4 is 29.0 Å². The summed E-state index contributed by atoms with van der Waals surface area (Å²) in [6.45, 7) is -0.0787. The molecule has 1 aromatic heterocycles. The molecule has 0 fully saturated rings. The fraction of sp³-hybridized carbons (Fsp3) is 0.0833. The molecule has 0 unspecified atom stereocenters. The molecule has 0 aliphatic heterocycles. The first-order valence-electron chi connectivity index (χ1n) is 5.06. The topological polar surface area (TPSA) is 52.0 Å². The van der Waals surface area contributed by atoms with E-state index in [0.717, 1.165) is 0 Å². The second-order valence-electron chi connectivity index (χ2n) is 3.60. The Kier molecular flexibility index (Phi) is 3.79. The van der Waals surface area contributed by atoms with Gasteiger partial charge < -0.3 is 0 Å². The van der Waals surface area contributed by atoms with E-state index in [2.05, 4.69) is 4.98 Å². The summed E-state index contributed by atoms with van der Waals surface area (Å²) in [5, 5.41) is 0.688. The van der Waals surface area contributed by atoms with Crippen LogP contribution >= 0.6 is 23.2 Å². The first kappa shape index (κ1) is 12.8. The number of carbonyl (C=O) groups excluding carboxylic acids is 1. The molecule has 0 atom stereocenters. The number of nitrogens with zero attached hydrogens (tertiary/aromatic N) is 2. The molecule has 6 heteroatoms. The van der Waals surface area contributed by atoms with Crippen LogP contribution in [0.1, 0.15) is 10.4 Å². The van der Waals surface area contributed by atoms with Gasteiger partial charge in [0, 0.05) is 17.8 Å². The van der Waals surface area contributed by atoms with Crippen LogP contribution in [0.25, 0.3) is 0 Å². The molecule has 0 amide bonds. The van der Waals surface area contributed by atoms with Crippen molar-refractivity contribution in [2.24, 2.45) is 0 Å². The third-order valence-electron chi connectivity index (χ3n) is 2.35. The lowest BCUT2D eigenvalue weighted by Crippen LogP contribution is -2.23. The maximum atomic E-state index is 11.9. The second kappa shape index (κ2) is 5.33. The van der Waals surface area contributed by atoms with E-state index in [9.17, 15) is 9.59 Å². The van der Waals surface area contributed by atoms with Crippen LogP contribution in [-0.4, -0.2) is 15.3 Å². The minimum atomic E-state index is -0.279. The SMILES string of the molecule is O=C(Cn1cnccc1=O)c1ccc(Cl)c(Cl)c1. The highest BCUT2D eigenvalue weighted by Crippen LogP contribution is 2.22. The number of halogens is 2.